The number of benzene rings is 1. The van der Waals surface area contributed by atoms with Crippen molar-refractivity contribution in [3.05, 3.63) is 36.5 Å². The number of nitrogens with one attached hydrogen (secondary N) is 1. The molecule has 0 amide bonds. The number of fused-ring (bicyclic) bond motifs is 6. The monoisotopic (exact) mass is 522 g/mol. The summed E-state index contributed by atoms with van der Waals surface area (Å²) in [5, 5.41) is 18.0. The van der Waals surface area contributed by atoms with Crippen LogP contribution in [0.3, 0.4) is 0 Å². The minimum absolute atomic E-state index is 0.135. The quantitative estimate of drug-likeness (QED) is 0.357. The molecule has 0 radical (unpaired) electrons. The van der Waals surface area contributed by atoms with E-state index in [-0.39, 0.29) is 12.7 Å². The summed E-state index contributed by atoms with van der Waals surface area (Å²) in [6.45, 7) is 4.68. The van der Waals surface area contributed by atoms with Crippen LogP contribution < -0.4 is 14.5 Å². The Balaban J connectivity index is 1.35. The number of anilines is 3. The second-order valence-electron chi connectivity index (χ2n) is 10.0. The highest BCUT2D eigenvalue weighted by Crippen LogP contribution is 2.37. The van der Waals surface area contributed by atoms with Crippen LogP contribution >= 0.6 is 11.9 Å². The van der Waals surface area contributed by atoms with Crippen molar-refractivity contribution in [2.24, 2.45) is 5.92 Å². The largest absolute Gasteiger partial charge is 0.416 e. The first-order valence-electron chi connectivity index (χ1n) is 13.3. The number of aromatic nitrogens is 3. The number of pyridine rings is 1. The average molecular weight is 523 g/mol. The van der Waals surface area contributed by atoms with E-state index in [0.717, 1.165) is 86.3 Å². The molecule has 196 valence electrons. The van der Waals surface area contributed by atoms with Gasteiger partial charge in [0.1, 0.15) is 5.82 Å². The summed E-state index contributed by atoms with van der Waals surface area (Å²) in [5.41, 5.74) is 3.85. The molecule has 0 atom stereocenters. The molecule has 0 unspecified atom stereocenters. The zero-order chi connectivity index (χ0) is 25.0. The summed E-state index contributed by atoms with van der Waals surface area (Å²) in [5.74, 6) is 3.35. The van der Waals surface area contributed by atoms with Crippen molar-refractivity contribution < 1.29 is 14.3 Å². The molecule has 1 saturated heterocycles. The van der Waals surface area contributed by atoms with Crippen LogP contribution in [0, 0.1) is 5.92 Å². The molecular formula is C27H34N6O3S. The first-order valence-corrected chi connectivity index (χ1v) is 14.3. The zero-order valence-electron chi connectivity index (χ0n) is 21.0. The molecule has 37 heavy (non-hydrogen) atoms. The normalized spacial score (nSPS) is 18.5. The summed E-state index contributed by atoms with van der Waals surface area (Å²) in [7, 11) is 0. The van der Waals surface area contributed by atoms with Gasteiger partial charge in [-0.1, -0.05) is 11.9 Å². The molecular weight excluding hydrogens is 488 g/mol. The predicted molar refractivity (Wildman–Crippen MR) is 147 cm³/mol. The van der Waals surface area contributed by atoms with Crippen LogP contribution in [0.5, 0.6) is 0 Å². The molecule has 1 aromatic carbocycles. The molecule has 6 bridgehead atoms. The van der Waals surface area contributed by atoms with Gasteiger partial charge in [-0.25, -0.2) is 4.98 Å². The molecule has 2 fully saturated rings. The number of aliphatic hydroxyl groups is 1. The van der Waals surface area contributed by atoms with Gasteiger partial charge in [-0.3, -0.25) is 0 Å². The second-order valence-corrected chi connectivity index (χ2v) is 10.9. The van der Waals surface area contributed by atoms with Crippen molar-refractivity contribution in [1.82, 2.24) is 15.2 Å². The Labute approximate surface area is 221 Å². The van der Waals surface area contributed by atoms with Crippen molar-refractivity contribution in [2.75, 3.05) is 59.7 Å². The van der Waals surface area contributed by atoms with Crippen LogP contribution in [0.1, 0.15) is 32.1 Å². The Hall–Kier alpha value is -2.82. The fraction of sp³-hybridized carbons (Fsp3) is 0.519. The number of nitrogens with zero attached hydrogens (tertiary/aromatic N) is 5. The maximum Gasteiger partial charge on any atom is 0.250 e. The second kappa shape index (κ2) is 11.3. The van der Waals surface area contributed by atoms with Crippen LogP contribution in [0.4, 0.5) is 17.2 Å². The molecule has 5 heterocycles. The van der Waals surface area contributed by atoms with Gasteiger partial charge in [-0.2, -0.15) is 0 Å². The highest BCUT2D eigenvalue weighted by Gasteiger charge is 2.27. The van der Waals surface area contributed by atoms with Crippen molar-refractivity contribution in [3.63, 3.8) is 0 Å². The molecule has 1 aliphatic carbocycles. The molecule has 2 aromatic heterocycles. The van der Waals surface area contributed by atoms with Crippen molar-refractivity contribution >= 4 is 29.1 Å². The Morgan fingerprint density at radius 2 is 1.89 bits per heavy atom. The minimum Gasteiger partial charge on any atom is -0.416 e. The molecule has 3 aliphatic heterocycles. The standard InChI is InChI=1S/C27H34N6O3S/c34-13-15-37-31-21-4-5-23-24(17-21)32-11-7-22(8-12-32)35-14-1-10-33(18-19-2-3-19)25-16-20(6-9-28-25)26-29-30-27(23)36-26/h4-6,9,16-17,19,22,31,34H,1-3,7-8,10-15,18H2. The van der Waals surface area contributed by atoms with E-state index >= 15 is 0 Å². The SMILES string of the molecule is OCCSNc1ccc2c(c1)N1CCC(CC1)OCCCN(CC1CC1)c1cc(ccn1)-c1nnc-2o1. The Bertz CT molecular complexity index is 1190. The number of rotatable bonds is 6. The first-order chi connectivity index (χ1) is 18.3. The summed E-state index contributed by atoms with van der Waals surface area (Å²) in [6.07, 6.45) is 7.67. The number of ether oxygens (including phenoxy) is 1. The molecule has 2 N–H and O–H groups in total. The molecule has 7 rings (SSSR count). The third kappa shape index (κ3) is 5.86. The number of hydrogen-bond donors (Lipinski definition) is 2. The number of aliphatic hydroxyl groups excluding tert-OH is 1. The first kappa shape index (κ1) is 24.5. The summed E-state index contributed by atoms with van der Waals surface area (Å²) < 4.78 is 15.9. The van der Waals surface area contributed by atoms with E-state index in [4.69, 9.17) is 19.2 Å². The highest BCUT2D eigenvalue weighted by atomic mass is 32.2. The molecule has 0 spiro atoms. The van der Waals surface area contributed by atoms with Gasteiger partial charge in [0.25, 0.3) is 0 Å². The molecule has 4 aliphatic rings. The zero-order valence-corrected chi connectivity index (χ0v) is 21.8. The Morgan fingerprint density at radius 1 is 1.03 bits per heavy atom. The lowest BCUT2D eigenvalue weighted by molar-refractivity contribution is 0.0364. The van der Waals surface area contributed by atoms with Gasteiger partial charge in [0.05, 0.1) is 24.0 Å². The molecule has 1 saturated carbocycles. The van der Waals surface area contributed by atoms with Gasteiger partial charge in [0.15, 0.2) is 0 Å². The Morgan fingerprint density at radius 3 is 2.73 bits per heavy atom. The van der Waals surface area contributed by atoms with Crippen molar-refractivity contribution in [3.8, 4) is 22.9 Å². The number of piperidine rings is 1. The predicted octanol–water partition coefficient (Wildman–Crippen LogP) is 4.46. The lowest BCUT2D eigenvalue weighted by Gasteiger charge is -2.34. The van der Waals surface area contributed by atoms with Crippen LogP contribution in [0.2, 0.25) is 0 Å². The van der Waals surface area contributed by atoms with Crippen LogP contribution in [-0.2, 0) is 4.74 Å². The summed E-state index contributed by atoms with van der Waals surface area (Å²) in [4.78, 5) is 9.47. The van der Waals surface area contributed by atoms with E-state index in [1.807, 2.05) is 24.4 Å². The van der Waals surface area contributed by atoms with Gasteiger partial charge in [0.2, 0.25) is 11.8 Å². The topological polar surface area (TPSA) is 99.8 Å². The lowest BCUT2D eigenvalue weighted by atomic mass is 10.0. The maximum absolute atomic E-state index is 9.14. The maximum atomic E-state index is 9.14. The third-order valence-electron chi connectivity index (χ3n) is 7.24. The van der Waals surface area contributed by atoms with Crippen molar-refractivity contribution in [1.29, 1.82) is 0 Å². The van der Waals surface area contributed by atoms with Gasteiger partial charge in [-0.05, 0) is 68.4 Å². The van der Waals surface area contributed by atoms with E-state index in [0.29, 0.717) is 17.5 Å². The summed E-state index contributed by atoms with van der Waals surface area (Å²) >= 11 is 1.49. The van der Waals surface area contributed by atoms with Crippen LogP contribution in [0.15, 0.2) is 40.9 Å². The van der Waals surface area contributed by atoms with Gasteiger partial charge >= 0.3 is 0 Å². The van der Waals surface area contributed by atoms with Gasteiger partial charge in [0, 0.05) is 56.0 Å². The molecule has 3 aromatic rings. The smallest absolute Gasteiger partial charge is 0.250 e. The van der Waals surface area contributed by atoms with E-state index in [1.54, 1.807) is 0 Å². The van der Waals surface area contributed by atoms with E-state index < -0.39 is 0 Å². The van der Waals surface area contributed by atoms with Crippen LogP contribution in [-0.4, -0.2) is 71.5 Å². The molecule has 9 nitrogen and oxygen atoms in total. The van der Waals surface area contributed by atoms with Gasteiger partial charge in [-0.15, -0.1) is 10.2 Å². The number of hydrogen-bond acceptors (Lipinski definition) is 10. The van der Waals surface area contributed by atoms with Crippen molar-refractivity contribution in [2.45, 2.75) is 38.2 Å². The average Bonchev–Trinajstić information content (AvgIpc) is 3.62. The highest BCUT2D eigenvalue weighted by molar-refractivity contribution is 8.00. The van der Waals surface area contributed by atoms with E-state index in [1.165, 1.54) is 24.8 Å². The van der Waals surface area contributed by atoms with Crippen LogP contribution in [0.25, 0.3) is 22.9 Å². The lowest BCUT2D eigenvalue weighted by Crippen LogP contribution is -2.37. The third-order valence-corrected chi connectivity index (χ3v) is 8.00. The van der Waals surface area contributed by atoms with Gasteiger partial charge < -0.3 is 28.8 Å². The fourth-order valence-corrected chi connectivity index (χ4v) is 5.56. The van der Waals surface area contributed by atoms with E-state index in [2.05, 4.69) is 36.9 Å². The summed E-state index contributed by atoms with van der Waals surface area (Å²) in [6, 6.07) is 10.2. The fourth-order valence-electron chi connectivity index (χ4n) is 5.07. The Kier molecular flexibility index (Phi) is 7.48. The molecule has 10 heteroatoms. The van der Waals surface area contributed by atoms with E-state index in [9.17, 15) is 0 Å². The minimum atomic E-state index is 0.135.